The van der Waals surface area contributed by atoms with Crippen molar-refractivity contribution in [3.05, 3.63) is 70.5 Å². The van der Waals surface area contributed by atoms with E-state index in [2.05, 4.69) is 5.32 Å². The summed E-state index contributed by atoms with van der Waals surface area (Å²) in [7, 11) is 0. The zero-order valence-corrected chi connectivity index (χ0v) is 15.4. The van der Waals surface area contributed by atoms with E-state index in [0.29, 0.717) is 31.0 Å². The van der Waals surface area contributed by atoms with Crippen LogP contribution in [0.5, 0.6) is 0 Å². The lowest BCUT2D eigenvalue weighted by Gasteiger charge is -2.20. The molecular weight excluding hydrogens is 355 g/mol. The highest BCUT2D eigenvalue weighted by atomic mass is 35.5. The molecule has 0 fully saturated rings. The van der Waals surface area contributed by atoms with Gasteiger partial charge in [0.25, 0.3) is 0 Å². The molecule has 138 valence electrons. The van der Waals surface area contributed by atoms with Gasteiger partial charge in [0.15, 0.2) is 0 Å². The fraction of sp³-hybridized carbons (Fsp3) is 0.300. The minimum atomic E-state index is -0.295. The summed E-state index contributed by atoms with van der Waals surface area (Å²) < 4.78 is 12.9. The van der Waals surface area contributed by atoms with Crippen molar-refractivity contribution in [2.75, 3.05) is 19.6 Å². The van der Waals surface area contributed by atoms with Crippen molar-refractivity contribution in [1.82, 2.24) is 10.2 Å². The zero-order chi connectivity index (χ0) is 18.9. The molecule has 2 aromatic rings. The van der Waals surface area contributed by atoms with Crippen molar-refractivity contribution in [2.45, 2.75) is 19.8 Å². The molecule has 0 unspecified atom stereocenters. The topological polar surface area (TPSA) is 49.4 Å². The van der Waals surface area contributed by atoms with Crippen LogP contribution in [0.3, 0.4) is 0 Å². The highest BCUT2D eigenvalue weighted by Gasteiger charge is 2.13. The van der Waals surface area contributed by atoms with E-state index in [1.54, 1.807) is 18.2 Å². The smallest absolute Gasteiger partial charge is 0.239 e. The number of halogens is 2. The second-order valence-electron chi connectivity index (χ2n) is 6.05. The van der Waals surface area contributed by atoms with Gasteiger partial charge < -0.3 is 10.2 Å². The summed E-state index contributed by atoms with van der Waals surface area (Å²) in [5, 5.41) is 3.48. The third-order valence-electron chi connectivity index (χ3n) is 3.99. The van der Waals surface area contributed by atoms with Crippen molar-refractivity contribution >= 4 is 23.4 Å². The Labute approximate surface area is 158 Å². The quantitative estimate of drug-likeness (QED) is 0.769. The van der Waals surface area contributed by atoms with Gasteiger partial charge in [-0.15, -0.1) is 0 Å². The average Bonchev–Trinajstić information content (AvgIpc) is 2.60. The number of nitrogens with one attached hydrogen (secondary N) is 1. The molecule has 2 aromatic carbocycles. The van der Waals surface area contributed by atoms with Gasteiger partial charge in [-0.2, -0.15) is 0 Å². The molecule has 0 bridgehead atoms. The monoisotopic (exact) mass is 376 g/mol. The molecule has 0 aromatic heterocycles. The molecule has 6 heteroatoms. The molecule has 1 N–H and O–H groups in total. The molecule has 0 radical (unpaired) electrons. The van der Waals surface area contributed by atoms with Crippen LogP contribution >= 0.6 is 11.6 Å². The van der Waals surface area contributed by atoms with Crippen LogP contribution in [0.1, 0.15) is 18.1 Å². The summed E-state index contributed by atoms with van der Waals surface area (Å²) >= 11 is 5.93. The molecule has 0 saturated carbocycles. The molecule has 0 aliphatic rings. The van der Waals surface area contributed by atoms with Gasteiger partial charge in [-0.1, -0.05) is 35.9 Å². The second-order valence-corrected chi connectivity index (χ2v) is 6.48. The molecule has 0 heterocycles. The van der Waals surface area contributed by atoms with E-state index in [0.717, 1.165) is 11.1 Å². The molecule has 0 spiro atoms. The Morgan fingerprint density at radius 2 is 1.81 bits per heavy atom. The molecule has 0 aliphatic heterocycles. The minimum absolute atomic E-state index is 0.00603. The highest BCUT2D eigenvalue weighted by molar-refractivity contribution is 6.30. The van der Waals surface area contributed by atoms with E-state index < -0.39 is 0 Å². The van der Waals surface area contributed by atoms with Crippen LogP contribution in [0.15, 0.2) is 48.5 Å². The van der Waals surface area contributed by atoms with E-state index in [9.17, 15) is 14.0 Å². The highest BCUT2D eigenvalue weighted by Crippen LogP contribution is 2.10. The number of carbonyl (C=O) groups is 2. The first-order valence-electron chi connectivity index (χ1n) is 8.45. The summed E-state index contributed by atoms with van der Waals surface area (Å²) in [4.78, 5) is 25.3. The van der Waals surface area contributed by atoms with Gasteiger partial charge >= 0.3 is 0 Å². The lowest BCUT2D eigenvalue weighted by molar-refractivity contribution is -0.134. The van der Waals surface area contributed by atoms with Crippen molar-refractivity contribution in [3.63, 3.8) is 0 Å². The number of hydrogen-bond acceptors (Lipinski definition) is 2. The summed E-state index contributed by atoms with van der Waals surface area (Å²) in [5.41, 5.74) is 1.96. The fourth-order valence-corrected chi connectivity index (χ4v) is 2.74. The van der Waals surface area contributed by atoms with Crippen LogP contribution in [-0.4, -0.2) is 36.3 Å². The van der Waals surface area contributed by atoms with Crippen molar-refractivity contribution in [2.24, 2.45) is 0 Å². The van der Waals surface area contributed by atoms with Gasteiger partial charge in [-0.05, 0) is 48.2 Å². The van der Waals surface area contributed by atoms with Crippen molar-refractivity contribution in [1.29, 1.82) is 0 Å². The Bertz CT molecular complexity index is 750. The molecule has 26 heavy (non-hydrogen) atoms. The minimum Gasteiger partial charge on any atom is -0.354 e. The Morgan fingerprint density at radius 1 is 1.08 bits per heavy atom. The third kappa shape index (κ3) is 6.84. The van der Waals surface area contributed by atoms with Gasteiger partial charge in [-0.3, -0.25) is 9.59 Å². The normalized spacial score (nSPS) is 10.4. The molecule has 4 nitrogen and oxygen atoms in total. The van der Waals surface area contributed by atoms with E-state index in [4.69, 9.17) is 11.6 Å². The van der Waals surface area contributed by atoms with Gasteiger partial charge in [0, 0.05) is 25.0 Å². The lowest BCUT2D eigenvalue weighted by Crippen LogP contribution is -2.41. The summed E-state index contributed by atoms with van der Waals surface area (Å²) in [6.07, 6.45) is 1.23. The fourth-order valence-electron chi connectivity index (χ4n) is 2.53. The van der Waals surface area contributed by atoms with Gasteiger partial charge in [0.05, 0.1) is 6.54 Å². The predicted octanol–water partition coefficient (Wildman–Crippen LogP) is 3.23. The molecule has 2 rings (SSSR count). The second kappa shape index (κ2) is 9.92. The third-order valence-corrected chi connectivity index (χ3v) is 4.22. The molecular formula is C20H22ClFN2O2. The Balaban J connectivity index is 1.77. The SMILES string of the molecule is CC(=O)N(CCc1ccc(F)cc1)CC(=O)NCCc1cccc(Cl)c1. The maximum Gasteiger partial charge on any atom is 0.239 e. The number of nitrogens with zero attached hydrogens (tertiary/aromatic N) is 1. The van der Waals surface area contributed by atoms with E-state index >= 15 is 0 Å². The first kappa shape index (κ1) is 19.9. The maximum atomic E-state index is 12.9. The molecule has 2 amide bonds. The average molecular weight is 377 g/mol. The van der Waals surface area contributed by atoms with Crippen LogP contribution in [0.25, 0.3) is 0 Å². The number of carbonyl (C=O) groups excluding carboxylic acids is 2. The predicted molar refractivity (Wildman–Crippen MR) is 101 cm³/mol. The Kier molecular flexibility index (Phi) is 7.60. The summed E-state index contributed by atoms with van der Waals surface area (Å²) in [6, 6.07) is 13.6. The molecule has 0 aliphatic carbocycles. The summed E-state index contributed by atoms with van der Waals surface area (Å²) in [6.45, 7) is 2.32. The van der Waals surface area contributed by atoms with Crippen molar-refractivity contribution < 1.29 is 14.0 Å². The Morgan fingerprint density at radius 3 is 2.46 bits per heavy atom. The molecule has 0 atom stereocenters. The van der Waals surface area contributed by atoms with E-state index in [-0.39, 0.29) is 24.2 Å². The number of rotatable bonds is 8. The zero-order valence-electron chi connectivity index (χ0n) is 14.7. The van der Waals surface area contributed by atoms with Crippen LogP contribution in [0.4, 0.5) is 4.39 Å². The maximum absolute atomic E-state index is 12.9. The van der Waals surface area contributed by atoms with Crippen LogP contribution < -0.4 is 5.32 Å². The Hall–Kier alpha value is -2.40. The van der Waals surface area contributed by atoms with E-state index in [1.807, 2.05) is 18.2 Å². The standard InChI is InChI=1S/C20H22ClFN2O2/c1-15(25)24(12-10-16-5-7-19(22)8-6-16)14-20(26)23-11-9-17-3-2-4-18(21)13-17/h2-8,13H,9-12,14H2,1H3,(H,23,26). The van der Waals surface area contributed by atoms with Gasteiger partial charge in [0.2, 0.25) is 11.8 Å². The van der Waals surface area contributed by atoms with Gasteiger partial charge in [0.1, 0.15) is 5.82 Å². The molecule has 0 saturated heterocycles. The van der Waals surface area contributed by atoms with Gasteiger partial charge in [-0.25, -0.2) is 4.39 Å². The van der Waals surface area contributed by atoms with Crippen molar-refractivity contribution in [3.8, 4) is 0 Å². The van der Waals surface area contributed by atoms with Crippen LogP contribution in [0, 0.1) is 5.82 Å². The number of amides is 2. The first-order chi connectivity index (χ1) is 12.4. The van der Waals surface area contributed by atoms with Crippen LogP contribution in [0.2, 0.25) is 5.02 Å². The lowest BCUT2D eigenvalue weighted by atomic mass is 10.1. The number of hydrogen-bond donors (Lipinski definition) is 1. The van der Waals surface area contributed by atoms with E-state index in [1.165, 1.54) is 24.0 Å². The largest absolute Gasteiger partial charge is 0.354 e. The first-order valence-corrected chi connectivity index (χ1v) is 8.83. The number of benzene rings is 2. The van der Waals surface area contributed by atoms with Crippen LogP contribution in [-0.2, 0) is 22.4 Å². The summed E-state index contributed by atoms with van der Waals surface area (Å²) in [5.74, 6) is -0.672.